The van der Waals surface area contributed by atoms with E-state index in [1.807, 2.05) is 0 Å². The molecule has 2 aromatic rings. The summed E-state index contributed by atoms with van der Waals surface area (Å²) in [6.45, 7) is 0.202. The van der Waals surface area contributed by atoms with E-state index in [2.05, 4.69) is 16.0 Å². The zero-order valence-corrected chi connectivity index (χ0v) is 15.0. The fraction of sp³-hybridized carbons (Fsp3) is 0.222. The van der Waals surface area contributed by atoms with Gasteiger partial charge in [0, 0.05) is 19.2 Å². The molecule has 0 fully saturated rings. The Morgan fingerprint density at radius 2 is 1.93 bits per heavy atom. The van der Waals surface area contributed by atoms with Crippen molar-refractivity contribution in [3.8, 4) is 5.75 Å². The number of benzene rings is 2. The highest BCUT2D eigenvalue weighted by Gasteiger charge is 2.30. The summed E-state index contributed by atoms with van der Waals surface area (Å²) in [4.78, 5) is 24.2. The molecule has 0 unspecified atom stereocenters. The average molecular weight is 396 g/mol. The molecule has 3 N–H and O–H groups in total. The molecule has 1 aliphatic heterocycles. The van der Waals surface area contributed by atoms with Crippen molar-refractivity contribution in [3.63, 3.8) is 0 Å². The third-order valence-corrected chi connectivity index (χ3v) is 4.39. The van der Waals surface area contributed by atoms with E-state index in [-0.39, 0.29) is 34.2 Å². The van der Waals surface area contributed by atoms with Crippen molar-refractivity contribution < 1.29 is 23.1 Å². The van der Waals surface area contributed by atoms with Crippen LogP contribution in [0.2, 0.25) is 5.02 Å². The maximum atomic E-state index is 14.4. The van der Waals surface area contributed by atoms with Crippen molar-refractivity contribution in [3.05, 3.63) is 58.1 Å². The second kappa shape index (κ2) is 7.79. The lowest BCUT2D eigenvalue weighted by Crippen LogP contribution is -2.38. The summed E-state index contributed by atoms with van der Waals surface area (Å²) >= 11 is 5.71. The Bertz CT molecular complexity index is 908. The van der Waals surface area contributed by atoms with E-state index in [0.29, 0.717) is 6.42 Å². The third kappa shape index (κ3) is 3.95. The van der Waals surface area contributed by atoms with Crippen LogP contribution in [0.3, 0.4) is 0 Å². The highest BCUT2D eigenvalue weighted by Crippen LogP contribution is 2.37. The van der Waals surface area contributed by atoms with Crippen LogP contribution in [-0.4, -0.2) is 25.6 Å². The first-order valence-corrected chi connectivity index (χ1v) is 8.48. The molecular formula is C18H16ClF2N3O3. The molecule has 0 bridgehead atoms. The number of hydrogen-bond acceptors (Lipinski definition) is 3. The van der Waals surface area contributed by atoms with E-state index in [9.17, 15) is 18.4 Å². The smallest absolute Gasteiger partial charge is 0.315 e. The van der Waals surface area contributed by atoms with Crippen LogP contribution in [0.25, 0.3) is 0 Å². The van der Waals surface area contributed by atoms with Crippen molar-refractivity contribution in [1.82, 2.24) is 10.6 Å². The molecule has 142 valence electrons. The molecule has 1 atom stereocenters. The molecule has 27 heavy (non-hydrogen) atoms. The van der Waals surface area contributed by atoms with Gasteiger partial charge in [0.25, 0.3) is 5.91 Å². The average Bonchev–Trinajstić information content (AvgIpc) is 2.65. The molecule has 2 aromatic carbocycles. The summed E-state index contributed by atoms with van der Waals surface area (Å²) < 4.78 is 33.2. The lowest BCUT2D eigenvalue weighted by atomic mass is 9.96. The molecule has 0 radical (unpaired) electrons. The number of halogens is 3. The van der Waals surface area contributed by atoms with Crippen LogP contribution < -0.4 is 20.7 Å². The van der Waals surface area contributed by atoms with E-state index in [1.165, 1.54) is 25.2 Å². The zero-order chi connectivity index (χ0) is 19.6. The van der Waals surface area contributed by atoms with Gasteiger partial charge in [0.2, 0.25) is 0 Å². The largest absolute Gasteiger partial charge is 0.492 e. The number of fused-ring (bicyclic) bond motifs is 1. The molecule has 0 aromatic heterocycles. The monoisotopic (exact) mass is 395 g/mol. The summed E-state index contributed by atoms with van der Waals surface area (Å²) in [6, 6.07) is 5.06. The van der Waals surface area contributed by atoms with Gasteiger partial charge in [-0.15, -0.1) is 0 Å². The number of rotatable bonds is 3. The number of amides is 3. The first kappa shape index (κ1) is 18.9. The number of ether oxygens (including phenoxy) is 1. The summed E-state index contributed by atoms with van der Waals surface area (Å²) in [5, 5.41) is 7.47. The number of carbonyl (C=O) groups is 2. The predicted molar refractivity (Wildman–Crippen MR) is 96.2 cm³/mol. The van der Waals surface area contributed by atoms with Gasteiger partial charge < -0.3 is 20.7 Å². The van der Waals surface area contributed by atoms with Crippen LogP contribution in [0.15, 0.2) is 30.3 Å². The maximum absolute atomic E-state index is 14.4. The van der Waals surface area contributed by atoms with E-state index >= 15 is 0 Å². The zero-order valence-electron chi connectivity index (χ0n) is 14.2. The molecule has 0 spiro atoms. The van der Waals surface area contributed by atoms with Gasteiger partial charge in [-0.3, -0.25) is 4.79 Å². The second-order valence-electron chi connectivity index (χ2n) is 5.83. The van der Waals surface area contributed by atoms with Gasteiger partial charge in [0.15, 0.2) is 0 Å². The Balaban J connectivity index is 1.92. The maximum Gasteiger partial charge on any atom is 0.315 e. The van der Waals surface area contributed by atoms with Crippen LogP contribution >= 0.6 is 11.6 Å². The number of urea groups is 1. The Morgan fingerprint density at radius 3 is 2.63 bits per heavy atom. The van der Waals surface area contributed by atoms with Crippen LogP contribution in [0.4, 0.5) is 19.3 Å². The van der Waals surface area contributed by atoms with Gasteiger partial charge in [-0.25, -0.2) is 13.6 Å². The molecule has 6 nitrogen and oxygen atoms in total. The molecule has 1 aliphatic rings. The molecule has 1 heterocycles. The van der Waals surface area contributed by atoms with Gasteiger partial charge in [-0.1, -0.05) is 11.6 Å². The highest BCUT2D eigenvalue weighted by molar-refractivity contribution is 6.31. The number of carbonyl (C=O) groups excluding carboxylic acids is 2. The van der Waals surface area contributed by atoms with E-state index in [1.54, 1.807) is 0 Å². The molecule has 9 heteroatoms. The van der Waals surface area contributed by atoms with Gasteiger partial charge >= 0.3 is 6.03 Å². The SMILES string of the molecule is CNC(=O)N[C@H]1CCOc2c(C(=O)Nc3ccc(F)c(Cl)c3)ccc(F)c21. The van der Waals surface area contributed by atoms with Crippen LogP contribution in [0.1, 0.15) is 28.4 Å². The minimum absolute atomic E-state index is 0.0633. The van der Waals surface area contributed by atoms with E-state index in [4.69, 9.17) is 16.3 Å². The van der Waals surface area contributed by atoms with E-state index in [0.717, 1.165) is 12.1 Å². The van der Waals surface area contributed by atoms with Gasteiger partial charge in [0.05, 0.1) is 28.8 Å². The number of hydrogen-bond donors (Lipinski definition) is 3. The molecule has 3 amide bonds. The Morgan fingerprint density at radius 1 is 1.19 bits per heavy atom. The van der Waals surface area contributed by atoms with Gasteiger partial charge in [-0.2, -0.15) is 0 Å². The Kier molecular flexibility index (Phi) is 5.46. The molecular weight excluding hydrogens is 380 g/mol. The molecule has 0 saturated carbocycles. The van der Waals surface area contributed by atoms with Crippen LogP contribution in [-0.2, 0) is 0 Å². The Labute approximate surface area is 158 Å². The summed E-state index contributed by atoms with van der Waals surface area (Å²) in [5.41, 5.74) is 0.477. The molecule has 3 rings (SSSR count). The first-order valence-electron chi connectivity index (χ1n) is 8.10. The van der Waals surface area contributed by atoms with E-state index < -0.39 is 29.6 Å². The minimum Gasteiger partial charge on any atom is -0.492 e. The van der Waals surface area contributed by atoms with Crippen molar-refractivity contribution >= 4 is 29.2 Å². The summed E-state index contributed by atoms with van der Waals surface area (Å²) in [7, 11) is 1.45. The summed E-state index contributed by atoms with van der Waals surface area (Å²) in [5.74, 6) is -1.71. The third-order valence-electron chi connectivity index (χ3n) is 4.10. The highest BCUT2D eigenvalue weighted by atomic mass is 35.5. The predicted octanol–water partition coefficient (Wildman–Crippen LogP) is 3.62. The topological polar surface area (TPSA) is 79.5 Å². The second-order valence-corrected chi connectivity index (χ2v) is 6.24. The van der Waals surface area contributed by atoms with Gasteiger partial charge in [0.1, 0.15) is 17.4 Å². The number of nitrogens with one attached hydrogen (secondary N) is 3. The van der Waals surface area contributed by atoms with Crippen molar-refractivity contribution in [2.45, 2.75) is 12.5 Å². The molecule has 0 saturated heterocycles. The molecule has 0 aliphatic carbocycles. The standard InChI is InChI=1S/C18H16ClF2N3O3/c1-22-18(26)24-14-6-7-27-16-10(3-5-13(21)15(14)16)17(25)23-9-2-4-12(20)11(19)8-9/h2-5,8,14H,6-7H2,1H3,(H,23,25)(H2,22,24,26)/t14-/m0/s1. The van der Waals surface area contributed by atoms with Crippen molar-refractivity contribution in [2.24, 2.45) is 0 Å². The lowest BCUT2D eigenvalue weighted by molar-refractivity contribution is 0.102. The minimum atomic E-state index is -0.637. The Hall–Kier alpha value is -2.87. The normalized spacial score (nSPS) is 15.3. The van der Waals surface area contributed by atoms with Crippen molar-refractivity contribution in [2.75, 3.05) is 19.0 Å². The summed E-state index contributed by atoms with van der Waals surface area (Å²) in [6.07, 6.45) is 0.357. The van der Waals surface area contributed by atoms with Gasteiger partial charge in [-0.05, 0) is 30.3 Å². The lowest BCUT2D eigenvalue weighted by Gasteiger charge is -2.28. The van der Waals surface area contributed by atoms with Crippen molar-refractivity contribution in [1.29, 1.82) is 0 Å². The van der Waals surface area contributed by atoms with Crippen LogP contribution in [0, 0.1) is 11.6 Å². The van der Waals surface area contributed by atoms with Crippen LogP contribution in [0.5, 0.6) is 5.75 Å². The fourth-order valence-electron chi connectivity index (χ4n) is 2.80. The fourth-order valence-corrected chi connectivity index (χ4v) is 2.99. The number of anilines is 1. The quantitative estimate of drug-likeness (QED) is 0.742. The first-order chi connectivity index (χ1) is 12.9.